The number of nitrogens with one attached hydrogen (secondary N) is 1. The van der Waals surface area contributed by atoms with E-state index in [2.05, 4.69) is 31.2 Å². The normalized spacial score (nSPS) is 10.8. The number of imidazole rings is 1. The number of nitrogens with zero attached hydrogens (tertiary/aromatic N) is 5. The predicted molar refractivity (Wildman–Crippen MR) is 112 cm³/mol. The van der Waals surface area contributed by atoms with Gasteiger partial charge in [-0.15, -0.1) is 0 Å². The van der Waals surface area contributed by atoms with Crippen LogP contribution < -0.4 is 5.32 Å². The van der Waals surface area contributed by atoms with Crippen LogP contribution in [0, 0.1) is 0 Å². The maximum atomic E-state index is 12.3. The highest BCUT2D eigenvalue weighted by atomic mass is 79.9. The number of pyridine rings is 1. The zero-order valence-electron chi connectivity index (χ0n) is 15.3. The van der Waals surface area contributed by atoms with Gasteiger partial charge in [-0.2, -0.15) is 0 Å². The first-order valence-corrected chi connectivity index (χ1v) is 9.34. The second kappa shape index (κ2) is 7.40. The monoisotopic (exact) mass is 436 g/mol. The molecule has 0 saturated carbocycles. The predicted octanol–water partition coefficient (Wildman–Crippen LogP) is 4.00. The van der Waals surface area contributed by atoms with Gasteiger partial charge in [0.1, 0.15) is 11.5 Å². The van der Waals surface area contributed by atoms with Crippen molar-refractivity contribution in [2.24, 2.45) is 0 Å². The molecule has 1 N–H and O–H groups in total. The van der Waals surface area contributed by atoms with Crippen molar-refractivity contribution in [3.05, 3.63) is 71.4 Å². The van der Waals surface area contributed by atoms with Crippen molar-refractivity contribution in [2.45, 2.75) is 0 Å². The minimum absolute atomic E-state index is 0.0544. The summed E-state index contributed by atoms with van der Waals surface area (Å²) in [5.74, 6) is 0.710. The third-order valence-corrected chi connectivity index (χ3v) is 4.92. The lowest BCUT2D eigenvalue weighted by Crippen LogP contribution is -2.21. The van der Waals surface area contributed by atoms with Gasteiger partial charge in [-0.3, -0.25) is 19.2 Å². The van der Waals surface area contributed by atoms with Crippen LogP contribution in [0.2, 0.25) is 0 Å². The van der Waals surface area contributed by atoms with Gasteiger partial charge >= 0.3 is 0 Å². The van der Waals surface area contributed by atoms with E-state index in [9.17, 15) is 4.79 Å². The minimum Gasteiger partial charge on any atom is -0.345 e. The van der Waals surface area contributed by atoms with Gasteiger partial charge in [0, 0.05) is 60.2 Å². The number of benzene rings is 1. The highest BCUT2D eigenvalue weighted by Gasteiger charge is 2.17. The van der Waals surface area contributed by atoms with E-state index < -0.39 is 0 Å². The van der Waals surface area contributed by atoms with E-state index in [4.69, 9.17) is 4.98 Å². The molecule has 0 radical (unpaired) electrons. The Balaban J connectivity index is 1.83. The Labute approximate surface area is 170 Å². The molecule has 140 valence electrons. The molecule has 3 aromatic heterocycles. The molecule has 28 heavy (non-hydrogen) atoms. The van der Waals surface area contributed by atoms with E-state index in [1.54, 1.807) is 49.8 Å². The molecule has 7 nitrogen and oxygen atoms in total. The van der Waals surface area contributed by atoms with Crippen LogP contribution in [0.1, 0.15) is 10.4 Å². The Morgan fingerprint density at radius 1 is 1.14 bits per heavy atom. The van der Waals surface area contributed by atoms with Gasteiger partial charge in [0.2, 0.25) is 0 Å². The maximum Gasteiger partial charge on any atom is 0.253 e. The zero-order valence-corrected chi connectivity index (χ0v) is 16.9. The largest absolute Gasteiger partial charge is 0.345 e. The van der Waals surface area contributed by atoms with Crippen molar-refractivity contribution >= 4 is 39.0 Å². The van der Waals surface area contributed by atoms with E-state index in [0.717, 1.165) is 27.2 Å². The number of fused-ring (bicyclic) bond motifs is 1. The molecule has 0 unspecified atom stereocenters. The lowest BCUT2D eigenvalue weighted by molar-refractivity contribution is 0.0827. The first kappa shape index (κ1) is 18.1. The molecule has 4 aromatic rings. The average Bonchev–Trinajstić information content (AvgIpc) is 3.06. The number of amides is 1. The number of hydrogen-bond acceptors (Lipinski definition) is 5. The van der Waals surface area contributed by atoms with Crippen molar-refractivity contribution in [1.29, 1.82) is 0 Å². The minimum atomic E-state index is -0.0544. The number of anilines is 2. The second-order valence-corrected chi connectivity index (χ2v) is 7.23. The Bertz CT molecular complexity index is 1170. The Hall–Kier alpha value is -3.26. The summed E-state index contributed by atoms with van der Waals surface area (Å²) in [6.07, 6.45) is 8.72. The van der Waals surface area contributed by atoms with Gasteiger partial charge in [0.25, 0.3) is 5.91 Å². The Morgan fingerprint density at radius 3 is 2.75 bits per heavy atom. The van der Waals surface area contributed by atoms with Gasteiger partial charge in [-0.05, 0) is 40.2 Å². The highest BCUT2D eigenvalue weighted by Crippen LogP contribution is 2.34. The second-order valence-electron chi connectivity index (χ2n) is 6.37. The molecule has 0 aliphatic heterocycles. The van der Waals surface area contributed by atoms with Crippen molar-refractivity contribution in [2.75, 3.05) is 19.4 Å². The summed E-state index contributed by atoms with van der Waals surface area (Å²) >= 11 is 3.57. The number of carbonyl (C=O) groups is 1. The fourth-order valence-electron chi connectivity index (χ4n) is 2.89. The molecule has 0 fully saturated rings. The van der Waals surface area contributed by atoms with Crippen molar-refractivity contribution in [1.82, 2.24) is 24.3 Å². The van der Waals surface area contributed by atoms with Crippen molar-refractivity contribution in [3.8, 4) is 11.3 Å². The smallest absolute Gasteiger partial charge is 0.253 e. The quantitative estimate of drug-likeness (QED) is 0.523. The van der Waals surface area contributed by atoms with E-state index in [1.807, 2.05) is 34.9 Å². The van der Waals surface area contributed by atoms with E-state index in [0.29, 0.717) is 11.2 Å². The molecule has 1 amide bonds. The van der Waals surface area contributed by atoms with Gasteiger partial charge in [-0.25, -0.2) is 4.98 Å². The summed E-state index contributed by atoms with van der Waals surface area (Å²) < 4.78 is 2.81. The molecular weight excluding hydrogens is 420 g/mol. The molecule has 0 atom stereocenters. The molecule has 1 aromatic carbocycles. The standard InChI is InChI=1S/C20H17BrN6O/c1-26(2)20(28)13-4-3-5-14(10-13)24-19-18(15-11-22-7-6-16(15)21)25-17-12-23-8-9-27(17)19/h3-12,24H,1-2H3. The Morgan fingerprint density at radius 2 is 1.96 bits per heavy atom. The number of aromatic nitrogens is 4. The summed E-state index contributed by atoms with van der Waals surface area (Å²) in [5, 5.41) is 3.41. The molecular formula is C20H17BrN6O. The first-order valence-electron chi connectivity index (χ1n) is 8.55. The molecule has 0 aliphatic carbocycles. The molecule has 0 bridgehead atoms. The lowest BCUT2D eigenvalue weighted by Gasteiger charge is -2.13. The zero-order chi connectivity index (χ0) is 19.7. The number of rotatable bonds is 4. The fourth-order valence-corrected chi connectivity index (χ4v) is 3.30. The maximum absolute atomic E-state index is 12.3. The van der Waals surface area contributed by atoms with Crippen molar-refractivity contribution < 1.29 is 4.79 Å². The van der Waals surface area contributed by atoms with Crippen molar-refractivity contribution in [3.63, 3.8) is 0 Å². The summed E-state index contributed by atoms with van der Waals surface area (Å²) in [6, 6.07) is 9.26. The Kier molecular flexibility index (Phi) is 4.79. The van der Waals surface area contributed by atoms with Gasteiger partial charge in [0.05, 0.1) is 6.20 Å². The van der Waals surface area contributed by atoms with Crippen LogP contribution in [0.15, 0.2) is 65.8 Å². The topological polar surface area (TPSA) is 75.4 Å². The average molecular weight is 437 g/mol. The van der Waals surface area contributed by atoms with Crippen LogP contribution in [0.3, 0.4) is 0 Å². The molecule has 4 rings (SSSR count). The highest BCUT2D eigenvalue weighted by molar-refractivity contribution is 9.10. The lowest BCUT2D eigenvalue weighted by atomic mass is 10.1. The fraction of sp³-hybridized carbons (Fsp3) is 0.100. The van der Waals surface area contributed by atoms with Crippen LogP contribution in [0.4, 0.5) is 11.5 Å². The van der Waals surface area contributed by atoms with Crippen LogP contribution >= 0.6 is 15.9 Å². The van der Waals surface area contributed by atoms with Gasteiger partial charge in [-0.1, -0.05) is 6.07 Å². The van der Waals surface area contributed by atoms with E-state index in [-0.39, 0.29) is 5.91 Å². The molecule has 0 saturated heterocycles. The third kappa shape index (κ3) is 3.34. The molecule has 0 aliphatic rings. The van der Waals surface area contributed by atoms with Gasteiger partial charge < -0.3 is 10.2 Å². The van der Waals surface area contributed by atoms with Crippen LogP contribution in [0.5, 0.6) is 0 Å². The SMILES string of the molecule is CN(C)C(=O)c1cccc(Nc2c(-c3cnccc3Br)nc3cnccn23)c1. The van der Waals surface area contributed by atoms with Crippen LogP contribution in [-0.4, -0.2) is 44.3 Å². The number of carbonyl (C=O) groups excluding carboxylic acids is 1. The van der Waals surface area contributed by atoms with Crippen LogP contribution in [-0.2, 0) is 0 Å². The van der Waals surface area contributed by atoms with E-state index >= 15 is 0 Å². The summed E-state index contributed by atoms with van der Waals surface area (Å²) in [4.78, 5) is 27.0. The molecule has 0 spiro atoms. The number of hydrogen-bond donors (Lipinski definition) is 1. The summed E-state index contributed by atoms with van der Waals surface area (Å²) in [5.41, 5.74) is 3.69. The first-order chi connectivity index (χ1) is 13.5. The number of halogens is 1. The molecule has 8 heteroatoms. The van der Waals surface area contributed by atoms with E-state index in [1.165, 1.54) is 0 Å². The summed E-state index contributed by atoms with van der Waals surface area (Å²) in [7, 11) is 3.47. The molecule has 3 heterocycles. The van der Waals surface area contributed by atoms with Gasteiger partial charge in [0.15, 0.2) is 5.65 Å². The van der Waals surface area contributed by atoms with Crippen LogP contribution in [0.25, 0.3) is 16.9 Å². The summed E-state index contributed by atoms with van der Waals surface area (Å²) in [6.45, 7) is 0. The third-order valence-electron chi connectivity index (χ3n) is 4.23.